The van der Waals surface area contributed by atoms with E-state index in [9.17, 15) is 4.79 Å². The summed E-state index contributed by atoms with van der Waals surface area (Å²) in [6, 6.07) is 0.0263. The Labute approximate surface area is 124 Å². The summed E-state index contributed by atoms with van der Waals surface area (Å²) in [7, 11) is 0. The topological polar surface area (TPSA) is 54.0 Å². The Hall–Kier alpha value is -0.940. The van der Waals surface area contributed by atoms with Crippen LogP contribution in [0.3, 0.4) is 0 Å². The number of carbonyl (C=O) groups is 1. The molecule has 1 amide bonds. The molecule has 3 rings (SSSR count). The standard InChI is InChI=1S/C15H23N3OS/c1-3-13-18-12(9-20-13)10(2)17-14(19)11-8-15(11)4-6-16-7-5-15/h9-11,16H,3-8H2,1-2H3,(H,17,19). The Kier molecular flexibility index (Phi) is 3.82. The summed E-state index contributed by atoms with van der Waals surface area (Å²) in [5.74, 6) is 0.460. The van der Waals surface area contributed by atoms with Crippen LogP contribution in [-0.4, -0.2) is 24.0 Å². The van der Waals surface area contributed by atoms with Crippen molar-refractivity contribution in [3.8, 4) is 0 Å². The van der Waals surface area contributed by atoms with E-state index in [2.05, 4.69) is 27.9 Å². The predicted molar refractivity (Wildman–Crippen MR) is 80.7 cm³/mol. The van der Waals surface area contributed by atoms with Gasteiger partial charge >= 0.3 is 0 Å². The molecule has 5 heteroatoms. The number of hydrogen-bond acceptors (Lipinski definition) is 4. The van der Waals surface area contributed by atoms with Crippen molar-refractivity contribution in [2.24, 2.45) is 11.3 Å². The summed E-state index contributed by atoms with van der Waals surface area (Å²) in [5.41, 5.74) is 1.31. The number of hydrogen-bond donors (Lipinski definition) is 2. The molecule has 1 aliphatic carbocycles. The molecular formula is C15H23N3OS. The first-order chi connectivity index (χ1) is 9.64. The molecular weight excluding hydrogens is 270 g/mol. The van der Waals surface area contributed by atoms with Crippen LogP contribution in [0.15, 0.2) is 5.38 Å². The van der Waals surface area contributed by atoms with Crippen LogP contribution in [0.1, 0.15) is 49.9 Å². The highest BCUT2D eigenvalue weighted by Crippen LogP contribution is 2.58. The zero-order valence-corrected chi connectivity index (χ0v) is 13.1. The lowest BCUT2D eigenvalue weighted by atomic mass is 9.91. The van der Waals surface area contributed by atoms with E-state index in [4.69, 9.17) is 0 Å². The molecule has 1 saturated heterocycles. The number of aromatic nitrogens is 1. The van der Waals surface area contributed by atoms with Gasteiger partial charge in [0.05, 0.1) is 16.7 Å². The lowest BCUT2D eigenvalue weighted by Crippen LogP contribution is -2.34. The molecule has 0 bridgehead atoms. The number of carbonyl (C=O) groups excluding carboxylic acids is 1. The Bertz CT molecular complexity index is 493. The van der Waals surface area contributed by atoms with Crippen LogP contribution in [0, 0.1) is 11.3 Å². The smallest absolute Gasteiger partial charge is 0.224 e. The number of aryl methyl sites for hydroxylation is 1. The molecule has 2 N–H and O–H groups in total. The third-order valence-corrected chi connectivity index (χ3v) is 5.79. The minimum atomic E-state index is 0.0263. The van der Waals surface area contributed by atoms with Gasteiger partial charge in [-0.3, -0.25) is 4.79 Å². The highest BCUT2D eigenvalue weighted by atomic mass is 32.1. The second kappa shape index (κ2) is 5.45. The first kappa shape index (κ1) is 14.0. The Morgan fingerprint density at radius 3 is 3.00 bits per heavy atom. The van der Waals surface area contributed by atoms with Crippen LogP contribution < -0.4 is 10.6 Å². The van der Waals surface area contributed by atoms with Gasteiger partial charge in [0.2, 0.25) is 5.91 Å². The first-order valence-electron chi connectivity index (χ1n) is 7.60. The fourth-order valence-corrected chi connectivity index (χ4v) is 4.11. The molecule has 0 aromatic carbocycles. The van der Waals surface area contributed by atoms with Gasteiger partial charge in [-0.05, 0) is 51.1 Å². The monoisotopic (exact) mass is 293 g/mol. The molecule has 1 aliphatic heterocycles. The molecule has 2 fully saturated rings. The zero-order valence-electron chi connectivity index (χ0n) is 12.2. The van der Waals surface area contributed by atoms with Gasteiger partial charge in [0, 0.05) is 11.3 Å². The first-order valence-corrected chi connectivity index (χ1v) is 8.48. The molecule has 1 spiro atoms. The normalized spacial score (nSPS) is 25.4. The van der Waals surface area contributed by atoms with Crippen molar-refractivity contribution in [2.45, 2.75) is 45.6 Å². The maximum absolute atomic E-state index is 12.4. The summed E-state index contributed by atoms with van der Waals surface area (Å²) in [6.07, 6.45) is 4.33. The van der Waals surface area contributed by atoms with Crippen molar-refractivity contribution in [1.29, 1.82) is 0 Å². The largest absolute Gasteiger partial charge is 0.348 e. The Morgan fingerprint density at radius 2 is 2.35 bits per heavy atom. The zero-order chi connectivity index (χ0) is 14.2. The van der Waals surface area contributed by atoms with Gasteiger partial charge in [-0.25, -0.2) is 4.98 Å². The van der Waals surface area contributed by atoms with E-state index in [1.807, 2.05) is 6.92 Å². The number of nitrogens with one attached hydrogen (secondary N) is 2. The van der Waals surface area contributed by atoms with E-state index >= 15 is 0 Å². The van der Waals surface area contributed by atoms with Crippen molar-refractivity contribution in [2.75, 3.05) is 13.1 Å². The molecule has 0 radical (unpaired) electrons. The summed E-state index contributed by atoms with van der Waals surface area (Å²) in [4.78, 5) is 16.9. The highest BCUT2D eigenvalue weighted by molar-refractivity contribution is 7.09. The van der Waals surface area contributed by atoms with Crippen molar-refractivity contribution >= 4 is 17.2 Å². The van der Waals surface area contributed by atoms with Crippen LogP contribution in [0.5, 0.6) is 0 Å². The minimum absolute atomic E-state index is 0.0263. The van der Waals surface area contributed by atoms with Crippen molar-refractivity contribution in [3.63, 3.8) is 0 Å². The average Bonchev–Trinajstić information content (AvgIpc) is 2.95. The van der Waals surface area contributed by atoms with Gasteiger partial charge in [-0.1, -0.05) is 6.92 Å². The predicted octanol–water partition coefficient (Wildman–Crippen LogP) is 2.27. The molecule has 4 nitrogen and oxygen atoms in total. The van der Waals surface area contributed by atoms with Gasteiger partial charge in [-0.2, -0.15) is 0 Å². The van der Waals surface area contributed by atoms with Gasteiger partial charge in [0.15, 0.2) is 0 Å². The van der Waals surface area contributed by atoms with Gasteiger partial charge < -0.3 is 10.6 Å². The van der Waals surface area contributed by atoms with E-state index in [1.54, 1.807) is 11.3 Å². The van der Waals surface area contributed by atoms with E-state index in [0.29, 0.717) is 5.41 Å². The SMILES string of the molecule is CCc1nc(C(C)NC(=O)C2CC23CCNCC3)cs1. The van der Waals surface area contributed by atoms with Crippen molar-refractivity contribution in [1.82, 2.24) is 15.6 Å². The van der Waals surface area contributed by atoms with E-state index < -0.39 is 0 Å². The molecule has 2 unspecified atom stereocenters. The summed E-state index contributed by atoms with van der Waals surface area (Å²) >= 11 is 1.68. The Morgan fingerprint density at radius 1 is 1.60 bits per heavy atom. The number of rotatable bonds is 4. The lowest BCUT2D eigenvalue weighted by Gasteiger charge is -2.23. The molecule has 20 heavy (non-hydrogen) atoms. The fraction of sp³-hybridized carbons (Fsp3) is 0.733. The van der Waals surface area contributed by atoms with Crippen LogP contribution in [0.4, 0.5) is 0 Å². The number of piperidine rings is 1. The summed E-state index contributed by atoms with van der Waals surface area (Å²) in [6.45, 7) is 6.26. The molecule has 2 atom stereocenters. The summed E-state index contributed by atoms with van der Waals surface area (Å²) < 4.78 is 0. The minimum Gasteiger partial charge on any atom is -0.348 e. The van der Waals surface area contributed by atoms with E-state index in [-0.39, 0.29) is 17.9 Å². The molecule has 1 saturated carbocycles. The lowest BCUT2D eigenvalue weighted by molar-refractivity contribution is -0.124. The maximum Gasteiger partial charge on any atom is 0.224 e. The highest BCUT2D eigenvalue weighted by Gasteiger charge is 2.57. The number of amides is 1. The second-order valence-electron chi connectivity index (χ2n) is 6.12. The Balaban J connectivity index is 1.56. The van der Waals surface area contributed by atoms with Crippen molar-refractivity contribution in [3.05, 3.63) is 16.1 Å². The molecule has 110 valence electrons. The molecule has 2 heterocycles. The average molecular weight is 293 g/mol. The van der Waals surface area contributed by atoms with Gasteiger partial charge in [-0.15, -0.1) is 11.3 Å². The van der Waals surface area contributed by atoms with Crippen molar-refractivity contribution < 1.29 is 4.79 Å². The van der Waals surface area contributed by atoms with Crippen LogP contribution in [0.2, 0.25) is 0 Å². The second-order valence-corrected chi connectivity index (χ2v) is 7.06. The van der Waals surface area contributed by atoms with Crippen LogP contribution >= 0.6 is 11.3 Å². The third-order valence-electron chi connectivity index (χ3n) is 4.78. The maximum atomic E-state index is 12.4. The van der Waals surface area contributed by atoms with E-state index in [0.717, 1.165) is 49.5 Å². The number of nitrogens with zero attached hydrogens (tertiary/aromatic N) is 1. The quantitative estimate of drug-likeness (QED) is 0.895. The molecule has 1 aromatic heterocycles. The van der Waals surface area contributed by atoms with Crippen LogP contribution in [0.25, 0.3) is 0 Å². The molecule has 1 aromatic rings. The van der Waals surface area contributed by atoms with Gasteiger partial charge in [0.1, 0.15) is 0 Å². The van der Waals surface area contributed by atoms with Gasteiger partial charge in [0.25, 0.3) is 0 Å². The fourth-order valence-electron chi connectivity index (χ4n) is 3.27. The van der Waals surface area contributed by atoms with E-state index in [1.165, 1.54) is 0 Å². The number of thiazole rings is 1. The third kappa shape index (κ3) is 2.61. The molecule has 2 aliphatic rings. The van der Waals surface area contributed by atoms with Crippen LogP contribution in [-0.2, 0) is 11.2 Å². The summed E-state index contributed by atoms with van der Waals surface area (Å²) in [5, 5.41) is 9.73.